The third-order valence-corrected chi connectivity index (χ3v) is 3.03. The van der Waals surface area contributed by atoms with Gasteiger partial charge in [-0.15, -0.1) is 10.2 Å². The van der Waals surface area contributed by atoms with Crippen LogP contribution in [0.5, 0.6) is 0 Å². The van der Waals surface area contributed by atoms with Crippen molar-refractivity contribution in [1.29, 1.82) is 0 Å². The van der Waals surface area contributed by atoms with Crippen LogP contribution in [0.2, 0.25) is 0 Å². The minimum atomic E-state index is 0.500. The first-order valence-electron chi connectivity index (χ1n) is 5.31. The van der Waals surface area contributed by atoms with Crippen LogP contribution in [-0.2, 0) is 11.8 Å². The molecule has 1 aromatic heterocycles. The Morgan fingerprint density at radius 1 is 1.53 bits per heavy atom. The van der Waals surface area contributed by atoms with E-state index in [-0.39, 0.29) is 0 Å². The Kier molecular flexibility index (Phi) is 3.11. The lowest BCUT2D eigenvalue weighted by Gasteiger charge is -2.29. The van der Waals surface area contributed by atoms with E-state index in [0.717, 1.165) is 38.0 Å². The number of piperidine rings is 1. The normalized spacial score (nSPS) is 19.3. The molecule has 0 radical (unpaired) electrons. The predicted molar refractivity (Wildman–Crippen MR) is 55.5 cm³/mol. The molecule has 1 aliphatic rings. The molecular formula is C10H16N4O. The summed E-state index contributed by atoms with van der Waals surface area (Å²) in [5, 5.41) is 8.03. The SMILES string of the molecule is Cn1cnnc1C1CCN(CC=O)CC1. The van der Waals surface area contributed by atoms with E-state index in [1.54, 1.807) is 6.33 Å². The summed E-state index contributed by atoms with van der Waals surface area (Å²) in [6, 6.07) is 0. The topological polar surface area (TPSA) is 51.0 Å². The Bertz CT molecular complexity index is 328. The van der Waals surface area contributed by atoms with E-state index in [0.29, 0.717) is 12.5 Å². The first kappa shape index (κ1) is 10.3. The van der Waals surface area contributed by atoms with Crippen LogP contribution in [0.4, 0.5) is 0 Å². The number of carbonyl (C=O) groups excluding carboxylic acids is 1. The van der Waals surface area contributed by atoms with Crippen molar-refractivity contribution >= 4 is 6.29 Å². The van der Waals surface area contributed by atoms with Crippen LogP contribution in [0.25, 0.3) is 0 Å². The minimum Gasteiger partial charge on any atom is -0.320 e. The van der Waals surface area contributed by atoms with Gasteiger partial charge in [-0.25, -0.2) is 0 Å². The molecule has 0 atom stereocenters. The summed E-state index contributed by atoms with van der Waals surface area (Å²) in [5.74, 6) is 1.57. The quantitative estimate of drug-likeness (QED) is 0.666. The fourth-order valence-electron chi connectivity index (χ4n) is 2.14. The predicted octanol–water partition coefficient (Wildman–Crippen LogP) is 0.193. The van der Waals surface area contributed by atoms with Gasteiger partial charge in [0.2, 0.25) is 0 Å². The molecular weight excluding hydrogens is 192 g/mol. The molecule has 5 heteroatoms. The van der Waals surface area contributed by atoms with Gasteiger partial charge in [0.1, 0.15) is 18.4 Å². The van der Waals surface area contributed by atoms with Gasteiger partial charge in [0.15, 0.2) is 0 Å². The van der Waals surface area contributed by atoms with Gasteiger partial charge in [-0.2, -0.15) is 0 Å². The van der Waals surface area contributed by atoms with Crippen LogP contribution in [0.3, 0.4) is 0 Å². The number of carbonyl (C=O) groups is 1. The average molecular weight is 208 g/mol. The van der Waals surface area contributed by atoms with Crippen LogP contribution in [0.1, 0.15) is 24.6 Å². The molecule has 1 aromatic rings. The molecule has 1 saturated heterocycles. The fourth-order valence-corrected chi connectivity index (χ4v) is 2.14. The zero-order valence-corrected chi connectivity index (χ0v) is 8.96. The summed E-state index contributed by atoms with van der Waals surface area (Å²) in [6.07, 6.45) is 4.86. The van der Waals surface area contributed by atoms with Gasteiger partial charge in [0.25, 0.3) is 0 Å². The average Bonchev–Trinajstić information content (AvgIpc) is 2.66. The largest absolute Gasteiger partial charge is 0.320 e. The number of hydrogen-bond donors (Lipinski definition) is 0. The molecule has 2 heterocycles. The maximum Gasteiger partial charge on any atom is 0.135 e. The summed E-state index contributed by atoms with van der Waals surface area (Å²) in [6.45, 7) is 2.53. The van der Waals surface area contributed by atoms with Crippen LogP contribution >= 0.6 is 0 Å². The first-order valence-corrected chi connectivity index (χ1v) is 5.31. The number of hydrogen-bond acceptors (Lipinski definition) is 4. The van der Waals surface area contributed by atoms with Crippen molar-refractivity contribution in [3.8, 4) is 0 Å². The fraction of sp³-hybridized carbons (Fsp3) is 0.700. The number of aryl methyl sites for hydroxylation is 1. The zero-order valence-electron chi connectivity index (χ0n) is 8.96. The van der Waals surface area contributed by atoms with Crippen molar-refractivity contribution < 1.29 is 4.79 Å². The lowest BCUT2D eigenvalue weighted by Crippen LogP contribution is -2.34. The maximum absolute atomic E-state index is 10.4. The van der Waals surface area contributed by atoms with Crippen molar-refractivity contribution in [3.63, 3.8) is 0 Å². The Balaban J connectivity index is 1.94. The minimum absolute atomic E-state index is 0.500. The maximum atomic E-state index is 10.4. The number of likely N-dealkylation sites (tertiary alicyclic amines) is 1. The molecule has 2 rings (SSSR count). The van der Waals surface area contributed by atoms with E-state index in [9.17, 15) is 4.79 Å². The number of aromatic nitrogens is 3. The van der Waals surface area contributed by atoms with Gasteiger partial charge in [-0.05, 0) is 25.9 Å². The molecule has 15 heavy (non-hydrogen) atoms. The van der Waals surface area contributed by atoms with Crippen LogP contribution in [0.15, 0.2) is 6.33 Å². The molecule has 0 bridgehead atoms. The van der Waals surface area contributed by atoms with Gasteiger partial charge in [0.05, 0.1) is 6.54 Å². The van der Waals surface area contributed by atoms with E-state index in [1.165, 1.54) is 0 Å². The highest BCUT2D eigenvalue weighted by Crippen LogP contribution is 2.25. The molecule has 0 unspecified atom stereocenters. The van der Waals surface area contributed by atoms with Crippen molar-refractivity contribution in [3.05, 3.63) is 12.2 Å². The van der Waals surface area contributed by atoms with Crippen molar-refractivity contribution in [1.82, 2.24) is 19.7 Å². The van der Waals surface area contributed by atoms with Crippen molar-refractivity contribution in [2.24, 2.45) is 7.05 Å². The third kappa shape index (κ3) is 2.23. The van der Waals surface area contributed by atoms with Crippen LogP contribution in [-0.4, -0.2) is 45.6 Å². The van der Waals surface area contributed by atoms with E-state index in [2.05, 4.69) is 15.1 Å². The molecule has 0 spiro atoms. The molecule has 0 N–H and O–H groups in total. The lowest BCUT2D eigenvalue weighted by molar-refractivity contribution is -0.109. The molecule has 82 valence electrons. The molecule has 0 amide bonds. The van der Waals surface area contributed by atoms with Gasteiger partial charge in [-0.1, -0.05) is 0 Å². The highest BCUT2D eigenvalue weighted by molar-refractivity contribution is 5.51. The smallest absolute Gasteiger partial charge is 0.135 e. The van der Waals surface area contributed by atoms with Gasteiger partial charge in [0, 0.05) is 13.0 Å². The highest BCUT2D eigenvalue weighted by atomic mass is 16.1. The molecule has 0 saturated carbocycles. The van der Waals surface area contributed by atoms with Gasteiger partial charge in [-0.3, -0.25) is 4.90 Å². The third-order valence-electron chi connectivity index (χ3n) is 3.03. The number of aldehydes is 1. The second kappa shape index (κ2) is 4.53. The Morgan fingerprint density at radius 2 is 2.27 bits per heavy atom. The molecule has 0 aromatic carbocycles. The second-order valence-corrected chi connectivity index (χ2v) is 4.04. The van der Waals surface area contributed by atoms with Crippen LogP contribution < -0.4 is 0 Å². The summed E-state index contributed by atoms with van der Waals surface area (Å²) >= 11 is 0. The monoisotopic (exact) mass is 208 g/mol. The molecule has 1 aliphatic heterocycles. The van der Waals surface area contributed by atoms with E-state index >= 15 is 0 Å². The molecule has 5 nitrogen and oxygen atoms in total. The zero-order chi connectivity index (χ0) is 10.7. The Hall–Kier alpha value is -1.23. The van der Waals surface area contributed by atoms with E-state index < -0.39 is 0 Å². The summed E-state index contributed by atoms with van der Waals surface area (Å²) in [4.78, 5) is 12.5. The van der Waals surface area contributed by atoms with Gasteiger partial charge >= 0.3 is 0 Å². The Labute approximate surface area is 89.1 Å². The summed E-state index contributed by atoms with van der Waals surface area (Å²) in [7, 11) is 1.98. The van der Waals surface area contributed by atoms with Crippen molar-refractivity contribution in [2.45, 2.75) is 18.8 Å². The first-order chi connectivity index (χ1) is 7.31. The van der Waals surface area contributed by atoms with Gasteiger partial charge < -0.3 is 9.36 Å². The standard InChI is InChI=1S/C10H16N4O/c1-13-8-11-12-10(13)9-2-4-14(5-3-9)6-7-15/h7-9H,2-6H2,1H3. The second-order valence-electron chi connectivity index (χ2n) is 4.04. The highest BCUT2D eigenvalue weighted by Gasteiger charge is 2.23. The molecule has 0 aliphatic carbocycles. The van der Waals surface area contributed by atoms with E-state index in [4.69, 9.17) is 0 Å². The molecule has 1 fully saturated rings. The summed E-state index contributed by atoms with van der Waals surface area (Å²) in [5.41, 5.74) is 0. The Morgan fingerprint density at radius 3 is 2.80 bits per heavy atom. The number of nitrogens with zero attached hydrogens (tertiary/aromatic N) is 4. The van der Waals surface area contributed by atoms with E-state index in [1.807, 2.05) is 11.6 Å². The lowest BCUT2D eigenvalue weighted by atomic mass is 9.96. The number of rotatable bonds is 3. The summed E-state index contributed by atoms with van der Waals surface area (Å²) < 4.78 is 1.99. The van der Waals surface area contributed by atoms with Crippen molar-refractivity contribution in [2.75, 3.05) is 19.6 Å². The van der Waals surface area contributed by atoms with Crippen LogP contribution in [0, 0.1) is 0 Å².